The molecule has 10 heteroatoms. The number of aryl methyl sites for hydroxylation is 1. The van der Waals surface area contributed by atoms with Crippen LogP contribution in [-0.4, -0.2) is 51.7 Å². The predicted molar refractivity (Wildman–Crippen MR) is 147 cm³/mol. The van der Waals surface area contributed by atoms with Gasteiger partial charge in [-0.3, -0.25) is 19.4 Å². The fourth-order valence-corrected chi connectivity index (χ4v) is 3.85. The SMILES string of the molecule is CC(C)(C)OC(=O)N[C@@H](CCC(=O)O)C(=O)N[C@H](CCc1ccccc1)C(=O)Nc1cnc2ccccc2c1. The highest BCUT2D eigenvalue weighted by Crippen LogP contribution is 2.17. The van der Waals surface area contributed by atoms with Gasteiger partial charge >= 0.3 is 12.1 Å². The zero-order valence-corrected chi connectivity index (χ0v) is 22.3. The summed E-state index contributed by atoms with van der Waals surface area (Å²) in [6, 6.07) is 16.6. The normalized spacial score (nSPS) is 12.7. The maximum atomic E-state index is 13.3. The number of aliphatic carboxylic acids is 1. The van der Waals surface area contributed by atoms with Gasteiger partial charge in [-0.1, -0.05) is 48.5 Å². The first-order chi connectivity index (χ1) is 18.5. The van der Waals surface area contributed by atoms with Crippen LogP contribution in [0, 0.1) is 0 Å². The van der Waals surface area contributed by atoms with Crippen LogP contribution in [0.4, 0.5) is 10.5 Å². The maximum absolute atomic E-state index is 13.3. The van der Waals surface area contributed by atoms with Crippen molar-refractivity contribution in [2.75, 3.05) is 5.32 Å². The van der Waals surface area contributed by atoms with Crippen LogP contribution in [0.3, 0.4) is 0 Å². The van der Waals surface area contributed by atoms with Crippen LogP contribution >= 0.6 is 0 Å². The Morgan fingerprint density at radius 1 is 0.897 bits per heavy atom. The number of carboxylic acids is 1. The van der Waals surface area contributed by atoms with E-state index in [1.54, 1.807) is 26.8 Å². The molecule has 0 saturated carbocycles. The van der Waals surface area contributed by atoms with E-state index >= 15 is 0 Å². The first-order valence-corrected chi connectivity index (χ1v) is 12.7. The van der Waals surface area contributed by atoms with E-state index in [9.17, 15) is 19.2 Å². The molecular formula is C29H34N4O6. The molecule has 0 saturated heterocycles. The van der Waals surface area contributed by atoms with Crippen LogP contribution < -0.4 is 16.0 Å². The Morgan fingerprint density at radius 2 is 1.56 bits per heavy atom. The number of pyridine rings is 1. The number of fused-ring (bicyclic) bond motifs is 1. The lowest BCUT2D eigenvalue weighted by atomic mass is 10.0. The molecule has 206 valence electrons. The summed E-state index contributed by atoms with van der Waals surface area (Å²) >= 11 is 0. The van der Waals surface area contributed by atoms with Crippen LogP contribution in [0.25, 0.3) is 10.9 Å². The van der Waals surface area contributed by atoms with Crippen LogP contribution in [-0.2, 0) is 25.5 Å². The molecule has 0 radical (unpaired) electrons. The molecule has 0 aliphatic rings. The Hall–Kier alpha value is -4.47. The topological polar surface area (TPSA) is 147 Å². The molecule has 1 heterocycles. The van der Waals surface area contributed by atoms with Gasteiger partial charge in [0.15, 0.2) is 0 Å². The van der Waals surface area contributed by atoms with Crippen molar-refractivity contribution < 1.29 is 29.0 Å². The van der Waals surface area contributed by atoms with Gasteiger partial charge in [0.1, 0.15) is 17.7 Å². The Labute approximate surface area is 227 Å². The zero-order valence-electron chi connectivity index (χ0n) is 22.3. The Morgan fingerprint density at radius 3 is 2.26 bits per heavy atom. The van der Waals surface area contributed by atoms with E-state index in [-0.39, 0.29) is 19.3 Å². The number of rotatable bonds is 11. The second-order valence-corrected chi connectivity index (χ2v) is 10.1. The number of hydrogen-bond donors (Lipinski definition) is 4. The smallest absolute Gasteiger partial charge is 0.408 e. The Kier molecular flexibility index (Phi) is 9.97. The molecule has 0 unspecified atom stereocenters. The third-order valence-electron chi connectivity index (χ3n) is 5.71. The van der Waals surface area contributed by atoms with E-state index in [1.807, 2.05) is 54.6 Å². The minimum atomic E-state index is -1.22. The molecule has 2 aromatic carbocycles. The molecule has 39 heavy (non-hydrogen) atoms. The first-order valence-electron chi connectivity index (χ1n) is 12.7. The Bertz CT molecular complexity index is 1310. The quantitative estimate of drug-likeness (QED) is 0.290. The van der Waals surface area contributed by atoms with Gasteiger partial charge in [0.05, 0.1) is 17.4 Å². The number of benzene rings is 2. The number of para-hydroxylation sites is 1. The molecule has 0 aliphatic carbocycles. The lowest BCUT2D eigenvalue weighted by Crippen LogP contribution is -2.53. The van der Waals surface area contributed by atoms with E-state index in [1.165, 1.54) is 6.20 Å². The van der Waals surface area contributed by atoms with Gasteiger partial charge in [-0.2, -0.15) is 0 Å². The molecule has 4 N–H and O–H groups in total. The highest BCUT2D eigenvalue weighted by Gasteiger charge is 2.29. The predicted octanol–water partition coefficient (Wildman–Crippen LogP) is 4.05. The molecule has 0 bridgehead atoms. The van der Waals surface area contributed by atoms with Gasteiger partial charge in [0, 0.05) is 11.8 Å². The summed E-state index contributed by atoms with van der Waals surface area (Å²) in [6.07, 6.45) is 0.894. The van der Waals surface area contributed by atoms with E-state index in [4.69, 9.17) is 9.84 Å². The molecular weight excluding hydrogens is 500 g/mol. The van der Waals surface area contributed by atoms with E-state index in [0.29, 0.717) is 12.1 Å². The first kappa shape index (κ1) is 29.1. The van der Waals surface area contributed by atoms with Crippen molar-refractivity contribution in [3.8, 4) is 0 Å². The largest absolute Gasteiger partial charge is 0.481 e. The van der Waals surface area contributed by atoms with E-state index < -0.39 is 41.6 Å². The molecule has 0 spiro atoms. The molecule has 3 aromatic rings. The van der Waals surface area contributed by atoms with Crippen molar-refractivity contribution in [3.05, 3.63) is 72.4 Å². The van der Waals surface area contributed by atoms with Crippen molar-refractivity contribution in [2.45, 2.75) is 64.1 Å². The average Bonchev–Trinajstić information content (AvgIpc) is 2.88. The van der Waals surface area contributed by atoms with Crippen molar-refractivity contribution in [3.63, 3.8) is 0 Å². The van der Waals surface area contributed by atoms with Gasteiger partial charge in [-0.25, -0.2) is 4.79 Å². The number of aromatic nitrogens is 1. The molecule has 1 aromatic heterocycles. The number of anilines is 1. The van der Waals surface area contributed by atoms with Crippen LogP contribution in [0.5, 0.6) is 0 Å². The van der Waals surface area contributed by atoms with Gasteiger partial charge in [-0.05, 0) is 57.7 Å². The van der Waals surface area contributed by atoms with Crippen molar-refractivity contribution in [2.24, 2.45) is 0 Å². The van der Waals surface area contributed by atoms with E-state index in [0.717, 1.165) is 16.5 Å². The van der Waals surface area contributed by atoms with Crippen molar-refractivity contribution in [1.29, 1.82) is 0 Å². The van der Waals surface area contributed by atoms with Gasteiger partial charge in [0.25, 0.3) is 0 Å². The second kappa shape index (κ2) is 13.4. The van der Waals surface area contributed by atoms with E-state index in [2.05, 4.69) is 20.9 Å². The fourth-order valence-electron chi connectivity index (χ4n) is 3.85. The Balaban J connectivity index is 1.78. The van der Waals surface area contributed by atoms with Crippen LogP contribution in [0.2, 0.25) is 0 Å². The maximum Gasteiger partial charge on any atom is 0.408 e. The second-order valence-electron chi connectivity index (χ2n) is 10.1. The lowest BCUT2D eigenvalue weighted by molar-refractivity contribution is -0.137. The number of ether oxygens (including phenoxy) is 1. The molecule has 0 aliphatic heterocycles. The number of carbonyl (C=O) groups excluding carboxylic acids is 3. The molecule has 10 nitrogen and oxygen atoms in total. The fraction of sp³-hybridized carbons (Fsp3) is 0.345. The van der Waals surface area contributed by atoms with Gasteiger partial charge in [-0.15, -0.1) is 0 Å². The average molecular weight is 535 g/mol. The minimum Gasteiger partial charge on any atom is -0.481 e. The molecule has 0 fully saturated rings. The highest BCUT2D eigenvalue weighted by atomic mass is 16.6. The summed E-state index contributed by atoms with van der Waals surface area (Å²) in [5.74, 6) is -2.28. The minimum absolute atomic E-state index is 0.179. The van der Waals surface area contributed by atoms with Crippen LogP contribution in [0.1, 0.15) is 45.6 Å². The summed E-state index contributed by atoms with van der Waals surface area (Å²) in [5, 5.41) is 17.9. The van der Waals surface area contributed by atoms with Crippen molar-refractivity contribution in [1.82, 2.24) is 15.6 Å². The van der Waals surface area contributed by atoms with Gasteiger partial charge < -0.3 is 25.8 Å². The summed E-state index contributed by atoms with van der Waals surface area (Å²) < 4.78 is 5.23. The zero-order chi connectivity index (χ0) is 28.4. The molecule has 3 rings (SSSR count). The van der Waals surface area contributed by atoms with Gasteiger partial charge in [0.2, 0.25) is 11.8 Å². The molecule has 3 amide bonds. The summed E-state index contributed by atoms with van der Waals surface area (Å²) in [4.78, 5) is 54.5. The third-order valence-corrected chi connectivity index (χ3v) is 5.71. The van der Waals surface area contributed by atoms with Crippen LogP contribution in [0.15, 0.2) is 66.9 Å². The summed E-state index contributed by atoms with van der Waals surface area (Å²) in [5.41, 5.74) is 1.40. The third kappa shape index (κ3) is 9.73. The number of hydrogen-bond acceptors (Lipinski definition) is 6. The lowest BCUT2D eigenvalue weighted by Gasteiger charge is -2.25. The van der Waals surface area contributed by atoms with Crippen molar-refractivity contribution >= 4 is 40.5 Å². The number of carboxylic acid groups (broad SMARTS) is 1. The molecule has 2 atom stereocenters. The summed E-state index contributed by atoms with van der Waals surface area (Å²) in [6.45, 7) is 5.01. The summed E-state index contributed by atoms with van der Waals surface area (Å²) in [7, 11) is 0. The highest BCUT2D eigenvalue weighted by molar-refractivity contribution is 5.99. The number of nitrogens with zero attached hydrogens (tertiary/aromatic N) is 1. The number of nitrogens with one attached hydrogen (secondary N) is 3. The number of carbonyl (C=O) groups is 4. The number of alkyl carbamates (subject to hydrolysis) is 1. The monoisotopic (exact) mass is 534 g/mol. The standard InChI is InChI=1S/C29H34N4O6/c1-29(2,3)39-28(38)33-24(15-16-25(34)35)27(37)32-23(14-13-19-9-5-4-6-10-19)26(36)31-21-17-20-11-7-8-12-22(20)30-18-21/h4-12,17-18,23-24H,13-16H2,1-3H3,(H,31,36)(H,32,37)(H,33,38)(H,34,35)/t23-,24+/m1/s1. The number of amides is 3.